The fourth-order valence-electron chi connectivity index (χ4n) is 2.84. The van der Waals surface area contributed by atoms with Gasteiger partial charge in [0.05, 0.1) is 33.4 Å². The number of anilines is 1. The number of carbonyl (C=O) groups excluding carboxylic acids is 2. The predicted octanol–water partition coefficient (Wildman–Crippen LogP) is 3.70. The van der Waals surface area contributed by atoms with Gasteiger partial charge < -0.3 is 18.9 Å². The van der Waals surface area contributed by atoms with Crippen molar-refractivity contribution in [1.82, 2.24) is 4.98 Å². The van der Waals surface area contributed by atoms with Crippen molar-refractivity contribution in [3.63, 3.8) is 0 Å². The molecule has 8 nitrogen and oxygen atoms in total. The van der Waals surface area contributed by atoms with Crippen LogP contribution in [0.2, 0.25) is 0 Å². The zero-order valence-electron chi connectivity index (χ0n) is 17.6. The number of halogens is 1. The van der Waals surface area contributed by atoms with Gasteiger partial charge in [-0.2, -0.15) is 0 Å². The molecule has 3 rings (SSSR count). The third-order valence-electron chi connectivity index (χ3n) is 4.33. The van der Waals surface area contributed by atoms with Crippen LogP contribution < -0.4 is 19.5 Å². The Morgan fingerprint density at radius 2 is 1.69 bits per heavy atom. The number of thiazole rings is 1. The number of nitrogens with zero attached hydrogens (tertiary/aromatic N) is 1. The van der Waals surface area contributed by atoms with Gasteiger partial charge in [0.15, 0.2) is 23.2 Å². The summed E-state index contributed by atoms with van der Waals surface area (Å²) in [6.45, 7) is -0.464. The lowest BCUT2D eigenvalue weighted by molar-refractivity contribution is -0.146. The lowest BCUT2D eigenvalue weighted by atomic mass is 10.1. The number of carbonyl (C=O) groups is 2. The largest absolute Gasteiger partial charge is 0.493 e. The van der Waals surface area contributed by atoms with Crippen molar-refractivity contribution in [3.8, 4) is 28.5 Å². The number of benzene rings is 2. The molecule has 0 spiro atoms. The lowest BCUT2D eigenvalue weighted by Gasteiger charge is -2.14. The Hall–Kier alpha value is -3.66. The van der Waals surface area contributed by atoms with Crippen LogP contribution in [0.5, 0.6) is 17.2 Å². The number of amides is 1. The highest BCUT2D eigenvalue weighted by Gasteiger charge is 2.16. The molecule has 1 amide bonds. The minimum Gasteiger partial charge on any atom is -0.493 e. The molecule has 0 saturated carbocycles. The Bertz CT molecular complexity index is 1080. The third-order valence-corrected chi connectivity index (χ3v) is 5.09. The molecule has 0 bridgehead atoms. The van der Waals surface area contributed by atoms with E-state index in [1.165, 1.54) is 44.8 Å². The summed E-state index contributed by atoms with van der Waals surface area (Å²) in [5.41, 5.74) is 1.90. The van der Waals surface area contributed by atoms with Crippen molar-refractivity contribution in [3.05, 3.63) is 53.2 Å². The number of rotatable bonds is 9. The number of hydrogen-bond donors (Lipinski definition) is 1. The van der Waals surface area contributed by atoms with E-state index >= 15 is 0 Å². The van der Waals surface area contributed by atoms with Crippen LogP contribution in [0.1, 0.15) is 5.56 Å². The first kappa shape index (κ1) is 23.0. The van der Waals surface area contributed by atoms with Crippen molar-refractivity contribution in [2.45, 2.75) is 6.42 Å². The van der Waals surface area contributed by atoms with E-state index < -0.39 is 18.5 Å². The average molecular weight is 460 g/mol. The second kappa shape index (κ2) is 10.6. The van der Waals surface area contributed by atoms with Gasteiger partial charge in [-0.15, -0.1) is 11.3 Å². The van der Waals surface area contributed by atoms with Crippen molar-refractivity contribution >= 4 is 28.3 Å². The van der Waals surface area contributed by atoms with Gasteiger partial charge in [-0.3, -0.25) is 14.9 Å². The molecule has 1 N–H and O–H groups in total. The summed E-state index contributed by atoms with van der Waals surface area (Å²) >= 11 is 1.21. The molecule has 0 aliphatic rings. The van der Waals surface area contributed by atoms with E-state index in [1.54, 1.807) is 29.6 Å². The Morgan fingerprint density at radius 1 is 1.03 bits per heavy atom. The van der Waals surface area contributed by atoms with Gasteiger partial charge in [0.25, 0.3) is 5.91 Å². The van der Waals surface area contributed by atoms with E-state index in [9.17, 15) is 14.0 Å². The van der Waals surface area contributed by atoms with E-state index in [4.69, 9.17) is 18.9 Å². The third kappa shape index (κ3) is 5.73. The fourth-order valence-corrected chi connectivity index (χ4v) is 3.58. The van der Waals surface area contributed by atoms with Crippen LogP contribution >= 0.6 is 11.3 Å². The molecule has 0 radical (unpaired) electrons. The topological polar surface area (TPSA) is 96.0 Å². The maximum absolute atomic E-state index is 13.0. The standard InChI is InChI=1S/C22H21FN2O6S/c1-28-17-8-13(9-18(29-2)21(17)30-3)10-20(27)31-11-19(26)25-22-24-16(12-32-22)14-4-6-15(23)7-5-14/h4-9,12H,10-11H2,1-3H3,(H,24,25,26). The SMILES string of the molecule is COc1cc(CC(=O)OCC(=O)Nc2nc(-c3ccc(F)cc3)cs2)cc(OC)c1OC. The summed E-state index contributed by atoms with van der Waals surface area (Å²) in [4.78, 5) is 28.6. The maximum atomic E-state index is 13.0. The molecule has 10 heteroatoms. The first-order valence-electron chi connectivity index (χ1n) is 9.39. The summed E-state index contributed by atoms with van der Waals surface area (Å²) in [6.07, 6.45) is -0.0873. The van der Waals surface area contributed by atoms with Gasteiger partial charge in [-0.25, -0.2) is 9.37 Å². The maximum Gasteiger partial charge on any atom is 0.310 e. The average Bonchev–Trinajstić information content (AvgIpc) is 3.25. The van der Waals surface area contributed by atoms with Crippen molar-refractivity contribution < 1.29 is 32.9 Å². The van der Waals surface area contributed by atoms with Gasteiger partial charge in [-0.1, -0.05) is 0 Å². The molecule has 0 aliphatic carbocycles. The van der Waals surface area contributed by atoms with Crippen molar-refractivity contribution in [2.24, 2.45) is 0 Å². The van der Waals surface area contributed by atoms with E-state index in [-0.39, 0.29) is 12.2 Å². The van der Waals surface area contributed by atoms with Crippen molar-refractivity contribution in [1.29, 1.82) is 0 Å². The monoisotopic (exact) mass is 460 g/mol. The highest BCUT2D eigenvalue weighted by atomic mass is 32.1. The molecule has 2 aromatic carbocycles. The van der Waals surface area contributed by atoms with Gasteiger partial charge in [0.2, 0.25) is 5.75 Å². The zero-order valence-corrected chi connectivity index (χ0v) is 18.5. The van der Waals surface area contributed by atoms with Crippen LogP contribution in [0.3, 0.4) is 0 Å². The number of aromatic nitrogens is 1. The first-order chi connectivity index (χ1) is 15.4. The van der Waals surface area contributed by atoms with Gasteiger partial charge in [-0.05, 0) is 42.0 Å². The van der Waals surface area contributed by atoms with E-state index in [2.05, 4.69) is 10.3 Å². The zero-order chi connectivity index (χ0) is 23.1. The van der Waals surface area contributed by atoms with Crippen LogP contribution in [0.25, 0.3) is 11.3 Å². The number of nitrogens with one attached hydrogen (secondary N) is 1. The Labute approximate surface area is 187 Å². The molecule has 0 saturated heterocycles. The van der Waals surface area contributed by atoms with Crippen molar-refractivity contribution in [2.75, 3.05) is 33.3 Å². The molecule has 1 heterocycles. The Morgan fingerprint density at radius 3 is 2.28 bits per heavy atom. The molecular weight excluding hydrogens is 439 g/mol. The minimum absolute atomic E-state index is 0.0873. The first-order valence-corrected chi connectivity index (χ1v) is 10.3. The minimum atomic E-state index is -0.597. The quantitative estimate of drug-likeness (QED) is 0.487. The summed E-state index contributed by atoms with van der Waals surface area (Å²) in [5.74, 6) is -0.231. The lowest BCUT2D eigenvalue weighted by Crippen LogP contribution is -2.21. The molecule has 3 aromatic rings. The van der Waals surface area contributed by atoms with Gasteiger partial charge in [0.1, 0.15) is 5.82 Å². The summed E-state index contributed by atoms with van der Waals surface area (Å²) in [7, 11) is 4.44. The normalized spacial score (nSPS) is 10.4. The molecule has 32 heavy (non-hydrogen) atoms. The number of esters is 1. The Balaban J connectivity index is 1.54. The number of ether oxygens (including phenoxy) is 4. The highest BCUT2D eigenvalue weighted by Crippen LogP contribution is 2.38. The number of hydrogen-bond acceptors (Lipinski definition) is 8. The molecule has 0 fully saturated rings. The second-order valence-corrected chi connectivity index (χ2v) is 7.32. The second-order valence-electron chi connectivity index (χ2n) is 6.46. The van der Waals surface area contributed by atoms with Gasteiger partial charge >= 0.3 is 5.97 Å². The van der Waals surface area contributed by atoms with Crippen LogP contribution in [0, 0.1) is 5.82 Å². The summed E-state index contributed by atoms with van der Waals surface area (Å²) < 4.78 is 33.9. The van der Waals surface area contributed by atoms with Crippen LogP contribution in [-0.2, 0) is 20.7 Å². The number of methoxy groups -OCH3 is 3. The smallest absolute Gasteiger partial charge is 0.310 e. The van der Waals surface area contributed by atoms with Crippen LogP contribution in [-0.4, -0.2) is 44.8 Å². The van der Waals surface area contributed by atoms with Crippen LogP contribution in [0.15, 0.2) is 41.8 Å². The van der Waals surface area contributed by atoms with E-state index in [0.29, 0.717) is 33.6 Å². The molecule has 1 aromatic heterocycles. The van der Waals surface area contributed by atoms with Gasteiger partial charge in [0, 0.05) is 10.9 Å². The molecular formula is C22H21FN2O6S. The predicted molar refractivity (Wildman–Crippen MR) is 117 cm³/mol. The molecule has 168 valence electrons. The highest BCUT2D eigenvalue weighted by molar-refractivity contribution is 7.14. The molecule has 0 aliphatic heterocycles. The fraction of sp³-hybridized carbons (Fsp3) is 0.227. The van der Waals surface area contributed by atoms with E-state index in [1.807, 2.05) is 0 Å². The summed E-state index contributed by atoms with van der Waals surface area (Å²) in [5, 5.41) is 4.65. The molecule has 0 unspecified atom stereocenters. The van der Waals surface area contributed by atoms with E-state index in [0.717, 1.165) is 5.56 Å². The molecule has 0 atom stereocenters. The van der Waals surface area contributed by atoms with Crippen LogP contribution in [0.4, 0.5) is 9.52 Å². The summed E-state index contributed by atoms with van der Waals surface area (Å²) in [6, 6.07) is 9.13. The Kier molecular flexibility index (Phi) is 7.61.